The third kappa shape index (κ3) is 2.75. The average Bonchev–Trinajstić information content (AvgIpc) is 2.98. The van der Waals surface area contributed by atoms with E-state index in [-0.39, 0.29) is 11.9 Å². The van der Waals surface area contributed by atoms with E-state index in [0.717, 1.165) is 34.0 Å². The number of carbonyl (C=O) groups excluding carboxylic acids is 1. The zero-order valence-electron chi connectivity index (χ0n) is 15.1. The van der Waals surface area contributed by atoms with Crippen molar-refractivity contribution in [1.29, 1.82) is 0 Å². The summed E-state index contributed by atoms with van der Waals surface area (Å²) in [6, 6.07) is 16.0. The van der Waals surface area contributed by atoms with Gasteiger partial charge in [-0.2, -0.15) is 0 Å². The molecule has 2 aromatic carbocycles. The highest BCUT2D eigenvalue weighted by atomic mass is 16.5. The topological polar surface area (TPSA) is 58.4 Å². The van der Waals surface area contributed by atoms with Crippen LogP contribution in [0.2, 0.25) is 0 Å². The van der Waals surface area contributed by atoms with Crippen molar-refractivity contribution in [3.05, 3.63) is 65.5 Å². The average molecular weight is 347 g/mol. The van der Waals surface area contributed by atoms with Crippen molar-refractivity contribution in [2.45, 2.75) is 33.4 Å². The van der Waals surface area contributed by atoms with E-state index in [0.29, 0.717) is 6.54 Å². The van der Waals surface area contributed by atoms with Crippen LogP contribution < -0.4 is 10.2 Å². The molecule has 1 aliphatic heterocycles. The molecule has 5 heteroatoms. The lowest BCUT2D eigenvalue weighted by atomic mass is 10.00. The fourth-order valence-electron chi connectivity index (χ4n) is 3.52. The molecule has 0 bridgehead atoms. The molecule has 132 valence electrons. The number of hydrogen-bond donors (Lipinski definition) is 1. The highest BCUT2D eigenvalue weighted by molar-refractivity contribution is 6.04. The van der Waals surface area contributed by atoms with E-state index in [4.69, 9.17) is 4.52 Å². The zero-order valence-corrected chi connectivity index (χ0v) is 15.1. The Morgan fingerprint density at radius 2 is 1.92 bits per heavy atom. The fourth-order valence-corrected chi connectivity index (χ4v) is 3.52. The Labute approximate surface area is 152 Å². The third-order valence-corrected chi connectivity index (χ3v) is 4.93. The lowest BCUT2D eigenvalue weighted by molar-refractivity contribution is -0.117. The number of hydrogen-bond acceptors (Lipinski definition) is 4. The minimum absolute atomic E-state index is 0.0125. The maximum atomic E-state index is 12.4. The Balaban J connectivity index is 1.79. The van der Waals surface area contributed by atoms with Crippen molar-refractivity contribution >= 4 is 17.3 Å². The summed E-state index contributed by atoms with van der Waals surface area (Å²) < 4.78 is 5.32. The van der Waals surface area contributed by atoms with Crippen LogP contribution in [0.1, 0.15) is 23.9 Å². The molecule has 3 aromatic rings. The molecule has 0 unspecified atom stereocenters. The molecule has 0 aliphatic carbocycles. The first-order chi connectivity index (χ1) is 12.5. The number of anilines is 2. The van der Waals surface area contributed by atoms with Crippen LogP contribution in [0, 0.1) is 13.8 Å². The Kier molecular flexibility index (Phi) is 3.99. The second-order valence-corrected chi connectivity index (χ2v) is 6.71. The van der Waals surface area contributed by atoms with Gasteiger partial charge in [-0.3, -0.25) is 4.79 Å². The van der Waals surface area contributed by atoms with Crippen LogP contribution in [0.5, 0.6) is 0 Å². The summed E-state index contributed by atoms with van der Waals surface area (Å²) in [6.07, 6.45) is 0. The van der Waals surface area contributed by atoms with Crippen LogP contribution in [0.3, 0.4) is 0 Å². The number of nitrogens with zero attached hydrogens (tertiary/aromatic N) is 2. The number of carbonyl (C=O) groups is 1. The van der Waals surface area contributed by atoms with E-state index < -0.39 is 0 Å². The highest BCUT2D eigenvalue weighted by Gasteiger charge is 2.30. The molecule has 4 rings (SSSR count). The molecule has 0 fully saturated rings. The first-order valence-corrected chi connectivity index (χ1v) is 8.73. The lowest BCUT2D eigenvalue weighted by Gasteiger charge is -2.36. The van der Waals surface area contributed by atoms with E-state index in [1.54, 1.807) is 0 Å². The summed E-state index contributed by atoms with van der Waals surface area (Å²) in [6.45, 7) is 6.47. The molecule has 1 aromatic heterocycles. The Hall–Kier alpha value is -3.08. The minimum atomic E-state index is -0.248. The SMILES string of the molecule is Cc1noc(C)c1-c1ccc2c(c1)N(Cc1ccccc1)[C@H](C)C(=O)N2. The number of benzene rings is 2. The molecule has 5 nitrogen and oxygen atoms in total. The van der Waals surface area contributed by atoms with E-state index >= 15 is 0 Å². The lowest BCUT2D eigenvalue weighted by Crippen LogP contribution is -2.45. The number of fused-ring (bicyclic) bond motifs is 1. The van der Waals surface area contributed by atoms with Gasteiger partial charge in [-0.1, -0.05) is 41.6 Å². The molecule has 1 aliphatic rings. The van der Waals surface area contributed by atoms with Crippen molar-refractivity contribution in [2.75, 3.05) is 10.2 Å². The van der Waals surface area contributed by atoms with Crippen LogP contribution in [-0.4, -0.2) is 17.1 Å². The zero-order chi connectivity index (χ0) is 18.3. The Bertz CT molecular complexity index is 943. The molecule has 1 N–H and O–H groups in total. The van der Waals surface area contributed by atoms with Crippen LogP contribution >= 0.6 is 0 Å². The van der Waals surface area contributed by atoms with Gasteiger partial charge in [-0.25, -0.2) is 0 Å². The summed E-state index contributed by atoms with van der Waals surface area (Å²) in [5.41, 5.74) is 5.93. The predicted molar refractivity (Wildman–Crippen MR) is 102 cm³/mol. The standard InChI is InChI=1S/C21H21N3O2/c1-13-20(15(3)26-23-13)17-9-10-18-19(11-17)24(14(2)21(25)22-18)12-16-7-5-4-6-8-16/h4-11,14H,12H2,1-3H3,(H,22,25)/t14-/m1/s1. The molecule has 0 spiro atoms. The molecule has 0 saturated carbocycles. The molecule has 26 heavy (non-hydrogen) atoms. The van der Waals surface area contributed by atoms with Crippen LogP contribution in [0.25, 0.3) is 11.1 Å². The van der Waals surface area contributed by atoms with E-state index in [1.807, 2.05) is 51.1 Å². The summed E-state index contributed by atoms with van der Waals surface area (Å²) in [4.78, 5) is 14.5. The van der Waals surface area contributed by atoms with Gasteiger partial charge in [0.05, 0.1) is 17.1 Å². The molecule has 2 heterocycles. The van der Waals surface area contributed by atoms with Crippen LogP contribution in [0.15, 0.2) is 53.1 Å². The van der Waals surface area contributed by atoms with Crippen molar-refractivity contribution in [3.8, 4) is 11.1 Å². The summed E-state index contributed by atoms with van der Waals surface area (Å²) in [5, 5.41) is 7.07. The molecular weight excluding hydrogens is 326 g/mol. The second kappa shape index (κ2) is 6.33. The number of amides is 1. The molecule has 1 atom stereocenters. The van der Waals surface area contributed by atoms with E-state index in [1.165, 1.54) is 5.56 Å². The quantitative estimate of drug-likeness (QED) is 0.767. The molecule has 0 saturated heterocycles. The van der Waals surface area contributed by atoms with Crippen LogP contribution in [-0.2, 0) is 11.3 Å². The third-order valence-electron chi connectivity index (χ3n) is 4.93. The maximum absolute atomic E-state index is 12.4. The van der Waals surface area contributed by atoms with Crippen molar-refractivity contribution in [1.82, 2.24) is 5.16 Å². The van der Waals surface area contributed by atoms with Gasteiger partial charge < -0.3 is 14.7 Å². The van der Waals surface area contributed by atoms with Gasteiger partial charge >= 0.3 is 0 Å². The van der Waals surface area contributed by atoms with Gasteiger partial charge in [0.15, 0.2) is 0 Å². The van der Waals surface area contributed by atoms with Gasteiger partial charge in [0.2, 0.25) is 5.91 Å². The Morgan fingerprint density at radius 3 is 2.62 bits per heavy atom. The Morgan fingerprint density at radius 1 is 1.15 bits per heavy atom. The van der Waals surface area contributed by atoms with Gasteiger partial charge in [0.25, 0.3) is 0 Å². The summed E-state index contributed by atoms with van der Waals surface area (Å²) in [5.74, 6) is 0.809. The first-order valence-electron chi connectivity index (χ1n) is 8.73. The molecule has 1 amide bonds. The van der Waals surface area contributed by atoms with Gasteiger partial charge in [-0.05, 0) is 44.0 Å². The fraction of sp³-hybridized carbons (Fsp3) is 0.238. The van der Waals surface area contributed by atoms with Crippen molar-refractivity contribution in [2.24, 2.45) is 0 Å². The number of aryl methyl sites for hydroxylation is 2. The van der Waals surface area contributed by atoms with Gasteiger partial charge in [0.1, 0.15) is 11.8 Å². The highest BCUT2D eigenvalue weighted by Crippen LogP contribution is 2.38. The molecule has 0 radical (unpaired) electrons. The first kappa shape index (κ1) is 16.4. The van der Waals surface area contributed by atoms with Crippen molar-refractivity contribution in [3.63, 3.8) is 0 Å². The molecular formula is C21H21N3O2. The minimum Gasteiger partial charge on any atom is -0.361 e. The smallest absolute Gasteiger partial charge is 0.246 e. The van der Waals surface area contributed by atoms with Gasteiger partial charge in [0, 0.05) is 12.1 Å². The number of aromatic nitrogens is 1. The number of rotatable bonds is 3. The van der Waals surface area contributed by atoms with E-state index in [2.05, 4.69) is 33.6 Å². The van der Waals surface area contributed by atoms with Gasteiger partial charge in [-0.15, -0.1) is 0 Å². The van der Waals surface area contributed by atoms with Crippen LogP contribution in [0.4, 0.5) is 11.4 Å². The number of nitrogens with one attached hydrogen (secondary N) is 1. The van der Waals surface area contributed by atoms with Crippen molar-refractivity contribution < 1.29 is 9.32 Å². The maximum Gasteiger partial charge on any atom is 0.246 e. The largest absolute Gasteiger partial charge is 0.361 e. The summed E-state index contributed by atoms with van der Waals surface area (Å²) >= 11 is 0. The second-order valence-electron chi connectivity index (χ2n) is 6.71. The predicted octanol–water partition coefficient (Wildman–Crippen LogP) is 4.31. The van der Waals surface area contributed by atoms with E-state index in [9.17, 15) is 4.79 Å². The summed E-state index contributed by atoms with van der Waals surface area (Å²) in [7, 11) is 0. The monoisotopic (exact) mass is 347 g/mol. The normalized spacial score (nSPS) is 16.3.